The lowest BCUT2D eigenvalue weighted by atomic mass is 9.84. The Morgan fingerprint density at radius 1 is 0.962 bits per heavy atom. The third-order valence-electron chi connectivity index (χ3n) is 6.03. The van der Waals surface area contributed by atoms with Crippen LogP contribution in [0.15, 0.2) is 24.3 Å². The van der Waals surface area contributed by atoms with E-state index in [2.05, 4.69) is 19.1 Å². The van der Waals surface area contributed by atoms with E-state index in [0.717, 1.165) is 38.7 Å². The normalized spacial score (nSPS) is 24.3. The first-order valence-corrected chi connectivity index (χ1v) is 10.7. The summed E-state index contributed by atoms with van der Waals surface area (Å²) in [5.41, 5.74) is 1.40. The molecule has 0 amide bonds. The molecule has 1 aromatic carbocycles. The number of ether oxygens (including phenoxy) is 2. The predicted molar refractivity (Wildman–Crippen MR) is 105 cm³/mol. The summed E-state index contributed by atoms with van der Waals surface area (Å²) >= 11 is 0. The maximum atomic E-state index is 12.5. The van der Waals surface area contributed by atoms with Gasteiger partial charge in [-0.15, -0.1) is 0 Å². The fraction of sp³-hybridized carbons (Fsp3) is 0.696. The van der Waals surface area contributed by atoms with Crippen LogP contribution in [0, 0.1) is 5.92 Å². The van der Waals surface area contributed by atoms with E-state index < -0.39 is 0 Å². The molecule has 2 aliphatic carbocycles. The number of esters is 1. The van der Waals surface area contributed by atoms with Gasteiger partial charge in [-0.25, -0.2) is 0 Å². The summed E-state index contributed by atoms with van der Waals surface area (Å²) in [6.45, 7) is 3.03. The first-order chi connectivity index (χ1) is 12.8. The van der Waals surface area contributed by atoms with Crippen molar-refractivity contribution >= 4 is 5.97 Å². The molecule has 0 spiro atoms. The van der Waals surface area contributed by atoms with Crippen molar-refractivity contribution in [1.82, 2.24) is 0 Å². The van der Waals surface area contributed by atoms with Gasteiger partial charge in [-0.3, -0.25) is 4.79 Å². The number of unbranched alkanes of at least 4 members (excludes halogenated alkanes) is 1. The molecule has 0 saturated heterocycles. The second kappa shape index (κ2) is 10.1. The summed E-state index contributed by atoms with van der Waals surface area (Å²) in [6.07, 6.45) is 13.0. The molecule has 2 aliphatic rings. The molecule has 2 fully saturated rings. The number of carbonyl (C=O) groups excluding carboxylic acids is 1. The molecule has 0 unspecified atom stereocenters. The summed E-state index contributed by atoms with van der Waals surface area (Å²) in [5.74, 6) is 1.34. The van der Waals surface area contributed by atoms with Crippen LogP contribution in [-0.4, -0.2) is 18.7 Å². The monoisotopic (exact) mass is 358 g/mol. The molecule has 0 atom stereocenters. The maximum Gasteiger partial charge on any atom is 0.314 e. The van der Waals surface area contributed by atoms with Gasteiger partial charge < -0.3 is 9.47 Å². The number of hydrogen-bond donors (Lipinski definition) is 0. The van der Waals surface area contributed by atoms with Crippen molar-refractivity contribution in [2.24, 2.45) is 5.92 Å². The lowest BCUT2D eigenvalue weighted by Crippen LogP contribution is -2.29. The van der Waals surface area contributed by atoms with Crippen molar-refractivity contribution in [2.45, 2.75) is 89.6 Å². The van der Waals surface area contributed by atoms with E-state index in [9.17, 15) is 4.79 Å². The largest absolute Gasteiger partial charge is 0.426 e. The zero-order valence-electron chi connectivity index (χ0n) is 16.3. The molecule has 0 aliphatic heterocycles. The molecule has 1 aromatic rings. The van der Waals surface area contributed by atoms with Crippen molar-refractivity contribution in [1.29, 1.82) is 0 Å². The van der Waals surface area contributed by atoms with Crippen LogP contribution in [-0.2, 0) is 9.53 Å². The lowest BCUT2D eigenvalue weighted by Gasteiger charge is -2.27. The fourth-order valence-electron chi connectivity index (χ4n) is 4.30. The summed E-state index contributed by atoms with van der Waals surface area (Å²) in [4.78, 5) is 12.5. The highest BCUT2D eigenvalue weighted by Crippen LogP contribution is 2.33. The van der Waals surface area contributed by atoms with Crippen molar-refractivity contribution in [3.05, 3.63) is 29.8 Å². The zero-order valence-corrected chi connectivity index (χ0v) is 16.3. The minimum absolute atomic E-state index is 0.0269. The van der Waals surface area contributed by atoms with Crippen LogP contribution in [0.1, 0.15) is 89.0 Å². The molecule has 2 saturated carbocycles. The molecular formula is C23H34O3. The molecule has 0 heterocycles. The van der Waals surface area contributed by atoms with Crippen LogP contribution < -0.4 is 4.74 Å². The van der Waals surface area contributed by atoms with Crippen molar-refractivity contribution in [3.8, 4) is 5.75 Å². The van der Waals surface area contributed by atoms with Gasteiger partial charge in [0.05, 0.1) is 12.0 Å². The summed E-state index contributed by atoms with van der Waals surface area (Å²) in [6, 6.07) is 8.25. The molecule has 3 heteroatoms. The number of hydrogen-bond acceptors (Lipinski definition) is 3. The molecule has 3 nitrogen and oxygen atoms in total. The lowest BCUT2D eigenvalue weighted by molar-refractivity contribution is -0.141. The number of benzene rings is 1. The Labute approximate surface area is 158 Å². The zero-order chi connectivity index (χ0) is 18.2. The van der Waals surface area contributed by atoms with Crippen LogP contribution in [0.5, 0.6) is 5.75 Å². The van der Waals surface area contributed by atoms with Gasteiger partial charge >= 0.3 is 5.97 Å². The highest BCUT2D eigenvalue weighted by molar-refractivity contribution is 5.75. The van der Waals surface area contributed by atoms with E-state index in [1.807, 2.05) is 12.1 Å². The third kappa shape index (κ3) is 5.57. The van der Waals surface area contributed by atoms with Gasteiger partial charge in [0.2, 0.25) is 0 Å². The van der Waals surface area contributed by atoms with Gasteiger partial charge in [-0.1, -0.05) is 44.7 Å². The summed E-state index contributed by atoms with van der Waals surface area (Å²) in [7, 11) is 0. The first kappa shape index (κ1) is 19.4. The molecule has 26 heavy (non-hydrogen) atoms. The van der Waals surface area contributed by atoms with Crippen molar-refractivity contribution in [3.63, 3.8) is 0 Å². The van der Waals surface area contributed by atoms with Gasteiger partial charge in [-0.05, 0) is 68.6 Å². The van der Waals surface area contributed by atoms with Crippen LogP contribution >= 0.6 is 0 Å². The smallest absolute Gasteiger partial charge is 0.314 e. The van der Waals surface area contributed by atoms with Crippen LogP contribution in [0.4, 0.5) is 0 Å². The van der Waals surface area contributed by atoms with E-state index in [1.165, 1.54) is 44.1 Å². The minimum atomic E-state index is -0.0672. The van der Waals surface area contributed by atoms with E-state index in [0.29, 0.717) is 17.8 Å². The first-order valence-electron chi connectivity index (χ1n) is 10.7. The Kier molecular flexibility index (Phi) is 7.55. The van der Waals surface area contributed by atoms with Gasteiger partial charge in [0.15, 0.2) is 0 Å². The van der Waals surface area contributed by atoms with Gasteiger partial charge in [0.25, 0.3) is 0 Å². The Morgan fingerprint density at radius 3 is 2.31 bits per heavy atom. The highest BCUT2D eigenvalue weighted by Gasteiger charge is 2.28. The molecule has 0 bridgehead atoms. The average Bonchev–Trinajstić information content (AvgIpc) is 2.70. The summed E-state index contributed by atoms with van der Waals surface area (Å²) in [5, 5.41) is 0. The Bertz CT molecular complexity index is 537. The van der Waals surface area contributed by atoms with E-state index in [-0.39, 0.29) is 11.9 Å². The second-order valence-corrected chi connectivity index (χ2v) is 8.02. The highest BCUT2D eigenvalue weighted by atomic mass is 16.5. The molecule has 3 rings (SSSR count). The third-order valence-corrected chi connectivity index (χ3v) is 6.03. The van der Waals surface area contributed by atoms with E-state index in [1.54, 1.807) is 0 Å². The number of carbonyl (C=O) groups is 1. The van der Waals surface area contributed by atoms with E-state index >= 15 is 0 Å². The Hall–Kier alpha value is -1.35. The topological polar surface area (TPSA) is 35.5 Å². The Balaban J connectivity index is 1.43. The predicted octanol–water partition coefficient (Wildman–Crippen LogP) is 6.02. The molecule has 0 aromatic heterocycles. The number of rotatable bonds is 7. The van der Waals surface area contributed by atoms with Gasteiger partial charge in [0, 0.05) is 6.61 Å². The molecular weight excluding hydrogens is 324 g/mol. The SMILES string of the molecule is CCCCOC1CCC(C(=O)Oc2ccc(C3CCCCC3)cc2)CC1. The second-order valence-electron chi connectivity index (χ2n) is 8.02. The van der Waals surface area contributed by atoms with Crippen molar-refractivity contribution < 1.29 is 14.3 Å². The summed E-state index contributed by atoms with van der Waals surface area (Å²) < 4.78 is 11.5. The standard InChI is InChI=1S/C23H34O3/c1-2-3-17-25-21-13-11-20(12-14-21)23(24)26-22-15-9-19(10-16-22)18-7-5-4-6-8-18/h9-10,15-16,18,20-21H,2-8,11-14,17H2,1H3. The van der Waals surface area contributed by atoms with Gasteiger partial charge in [-0.2, -0.15) is 0 Å². The maximum absolute atomic E-state index is 12.5. The van der Waals surface area contributed by atoms with Crippen LogP contribution in [0.2, 0.25) is 0 Å². The average molecular weight is 359 g/mol. The molecule has 0 radical (unpaired) electrons. The fourth-order valence-corrected chi connectivity index (χ4v) is 4.30. The van der Waals surface area contributed by atoms with Crippen molar-refractivity contribution in [2.75, 3.05) is 6.61 Å². The van der Waals surface area contributed by atoms with E-state index in [4.69, 9.17) is 9.47 Å². The minimum Gasteiger partial charge on any atom is -0.426 e. The molecule has 144 valence electrons. The van der Waals surface area contributed by atoms with Gasteiger partial charge in [0.1, 0.15) is 5.75 Å². The van der Waals surface area contributed by atoms with Crippen LogP contribution in [0.25, 0.3) is 0 Å². The molecule has 0 N–H and O–H groups in total. The van der Waals surface area contributed by atoms with Crippen LogP contribution in [0.3, 0.4) is 0 Å². The Morgan fingerprint density at radius 2 is 1.65 bits per heavy atom. The quantitative estimate of drug-likeness (QED) is 0.340.